The highest BCUT2D eigenvalue weighted by atomic mass is 35.5. The fourth-order valence-electron chi connectivity index (χ4n) is 2.17. The molecule has 0 fully saturated rings. The smallest absolute Gasteiger partial charge is 0.237 e. The molecule has 1 heterocycles. The lowest BCUT2D eigenvalue weighted by atomic mass is 10.1. The molecule has 0 saturated carbocycles. The predicted molar refractivity (Wildman–Crippen MR) is 98.5 cm³/mol. The summed E-state index contributed by atoms with van der Waals surface area (Å²) >= 11 is 7.13. The Morgan fingerprint density at radius 3 is 2.64 bits per heavy atom. The summed E-state index contributed by atoms with van der Waals surface area (Å²) in [6, 6.07) is 5.93. The number of rotatable bonds is 4. The highest BCUT2D eigenvalue weighted by Crippen LogP contribution is 2.30. The molecule has 0 spiro atoms. The summed E-state index contributed by atoms with van der Waals surface area (Å²) in [6.07, 6.45) is 0. The van der Waals surface area contributed by atoms with Gasteiger partial charge in [-0.3, -0.25) is 4.79 Å². The fraction of sp³-hybridized carbons (Fsp3) is 0.278. The van der Waals surface area contributed by atoms with Crippen LogP contribution in [0, 0.1) is 37.9 Å². The third-order valence-electron chi connectivity index (χ3n) is 3.92. The summed E-state index contributed by atoms with van der Waals surface area (Å²) in [4.78, 5) is 16.8. The maximum absolute atomic E-state index is 13.1. The third kappa shape index (κ3) is 4.30. The van der Waals surface area contributed by atoms with Crippen LogP contribution < -0.4 is 5.32 Å². The van der Waals surface area contributed by atoms with Gasteiger partial charge < -0.3 is 5.32 Å². The van der Waals surface area contributed by atoms with Crippen molar-refractivity contribution in [3.05, 3.63) is 51.4 Å². The number of thioether (sulfide) groups is 1. The van der Waals surface area contributed by atoms with Gasteiger partial charge in [0.05, 0.1) is 21.5 Å². The molecule has 25 heavy (non-hydrogen) atoms. The van der Waals surface area contributed by atoms with Crippen LogP contribution in [0.4, 0.5) is 10.1 Å². The molecule has 1 amide bonds. The number of halogens is 2. The molecule has 0 aliphatic heterocycles. The second-order valence-electron chi connectivity index (χ2n) is 5.61. The number of anilines is 1. The van der Waals surface area contributed by atoms with E-state index in [9.17, 15) is 14.4 Å². The Hall–Kier alpha value is -2.10. The summed E-state index contributed by atoms with van der Waals surface area (Å²) in [7, 11) is 0. The average molecular weight is 378 g/mol. The van der Waals surface area contributed by atoms with E-state index in [1.165, 1.54) is 23.9 Å². The lowest BCUT2D eigenvalue weighted by molar-refractivity contribution is -0.115. The lowest BCUT2D eigenvalue weighted by Crippen LogP contribution is -2.23. The Morgan fingerprint density at radius 1 is 1.36 bits per heavy atom. The number of carbonyl (C=O) groups excluding carboxylic acids is 1. The molecule has 0 unspecified atom stereocenters. The number of aromatic nitrogens is 1. The molecule has 2 rings (SSSR count). The van der Waals surface area contributed by atoms with E-state index in [1.807, 2.05) is 20.8 Å². The van der Waals surface area contributed by atoms with Crippen LogP contribution in [-0.4, -0.2) is 16.1 Å². The van der Waals surface area contributed by atoms with Gasteiger partial charge in [-0.05, 0) is 57.0 Å². The van der Waals surface area contributed by atoms with E-state index in [0.717, 1.165) is 22.9 Å². The first-order valence-electron chi connectivity index (χ1n) is 7.55. The second kappa shape index (κ2) is 7.85. The van der Waals surface area contributed by atoms with E-state index in [2.05, 4.69) is 16.4 Å². The summed E-state index contributed by atoms with van der Waals surface area (Å²) in [5.74, 6) is -0.779. The molecule has 1 N–H and O–H groups in total. The van der Waals surface area contributed by atoms with Gasteiger partial charge in [0, 0.05) is 5.69 Å². The van der Waals surface area contributed by atoms with Crippen LogP contribution in [-0.2, 0) is 4.79 Å². The molecule has 0 aliphatic rings. The van der Waals surface area contributed by atoms with Crippen LogP contribution >= 0.6 is 23.4 Å². The zero-order chi connectivity index (χ0) is 18.7. The van der Waals surface area contributed by atoms with E-state index in [4.69, 9.17) is 11.6 Å². The van der Waals surface area contributed by atoms with Crippen molar-refractivity contribution in [2.45, 2.75) is 38.0 Å². The van der Waals surface area contributed by atoms with Gasteiger partial charge in [-0.25, -0.2) is 9.37 Å². The number of hydrogen-bond donors (Lipinski definition) is 1. The van der Waals surface area contributed by atoms with Crippen LogP contribution in [0.2, 0.25) is 5.02 Å². The molecule has 1 aromatic heterocycles. The predicted octanol–water partition coefficient (Wildman–Crippen LogP) is 4.79. The first-order valence-corrected chi connectivity index (χ1v) is 8.80. The molecule has 7 heteroatoms. The van der Waals surface area contributed by atoms with Crippen molar-refractivity contribution in [1.82, 2.24) is 4.98 Å². The first kappa shape index (κ1) is 19.2. The van der Waals surface area contributed by atoms with Crippen molar-refractivity contribution >= 4 is 35.0 Å². The Morgan fingerprint density at radius 2 is 2.04 bits per heavy atom. The number of nitriles is 1. The van der Waals surface area contributed by atoms with Gasteiger partial charge in [-0.1, -0.05) is 23.4 Å². The van der Waals surface area contributed by atoms with Gasteiger partial charge in [-0.2, -0.15) is 5.26 Å². The van der Waals surface area contributed by atoms with Crippen molar-refractivity contribution in [2.24, 2.45) is 0 Å². The molecule has 0 bridgehead atoms. The SMILES string of the molecule is Cc1nc(S[C@@H](C)C(=O)Nc2ccc(F)cc2Cl)c(C#N)c(C)c1C. The van der Waals surface area contributed by atoms with E-state index < -0.39 is 11.1 Å². The third-order valence-corrected chi connectivity index (χ3v) is 5.32. The molecule has 0 saturated heterocycles. The van der Waals surface area contributed by atoms with Crippen LogP contribution in [0.25, 0.3) is 0 Å². The first-order chi connectivity index (χ1) is 11.7. The fourth-order valence-corrected chi connectivity index (χ4v) is 3.40. The molecular weight excluding hydrogens is 361 g/mol. The molecule has 4 nitrogen and oxygen atoms in total. The molecule has 130 valence electrons. The average Bonchev–Trinajstić information content (AvgIpc) is 2.55. The molecular formula is C18H17ClFN3OS. The number of carbonyl (C=O) groups is 1. The standard InChI is InChI=1S/C18H17ClFN3OS/c1-9-10(2)14(8-21)18(22-11(9)3)25-12(4)17(24)23-16-6-5-13(20)7-15(16)19/h5-7,12H,1-4H3,(H,23,24)/t12-/m0/s1. The molecule has 1 atom stereocenters. The minimum atomic E-state index is -0.512. The van der Waals surface area contributed by atoms with Gasteiger partial charge in [0.2, 0.25) is 5.91 Å². The Bertz CT molecular complexity index is 880. The Labute approximate surface area is 155 Å². The largest absolute Gasteiger partial charge is 0.324 e. The lowest BCUT2D eigenvalue weighted by Gasteiger charge is -2.15. The van der Waals surface area contributed by atoms with Crippen LogP contribution in [0.3, 0.4) is 0 Å². The summed E-state index contributed by atoms with van der Waals surface area (Å²) < 4.78 is 13.1. The Kier molecular flexibility index (Phi) is 6.04. The van der Waals surface area contributed by atoms with Gasteiger partial charge in [0.25, 0.3) is 0 Å². The summed E-state index contributed by atoms with van der Waals surface area (Å²) in [5.41, 5.74) is 3.48. The molecule has 2 aromatic rings. The van der Waals surface area contributed by atoms with E-state index in [-0.39, 0.29) is 10.9 Å². The quantitative estimate of drug-likeness (QED) is 0.778. The number of pyridine rings is 1. The van der Waals surface area contributed by atoms with Crippen molar-refractivity contribution < 1.29 is 9.18 Å². The minimum Gasteiger partial charge on any atom is -0.324 e. The molecule has 0 aliphatic carbocycles. The number of amides is 1. The zero-order valence-electron chi connectivity index (χ0n) is 14.3. The number of aryl methyl sites for hydroxylation is 1. The highest BCUT2D eigenvalue weighted by molar-refractivity contribution is 8.00. The minimum absolute atomic E-state index is 0.128. The number of nitrogens with one attached hydrogen (secondary N) is 1. The maximum atomic E-state index is 13.1. The second-order valence-corrected chi connectivity index (χ2v) is 7.35. The van der Waals surface area contributed by atoms with Crippen molar-refractivity contribution in [3.8, 4) is 6.07 Å². The highest BCUT2D eigenvalue weighted by Gasteiger charge is 2.20. The normalized spacial score (nSPS) is 11.7. The summed E-state index contributed by atoms with van der Waals surface area (Å²) in [6.45, 7) is 7.37. The van der Waals surface area contributed by atoms with E-state index >= 15 is 0 Å². The van der Waals surface area contributed by atoms with Gasteiger partial charge in [0.15, 0.2) is 0 Å². The van der Waals surface area contributed by atoms with Crippen LogP contribution in [0.1, 0.15) is 29.3 Å². The van der Waals surface area contributed by atoms with Gasteiger partial charge in [-0.15, -0.1) is 0 Å². The van der Waals surface area contributed by atoms with Crippen molar-refractivity contribution in [2.75, 3.05) is 5.32 Å². The van der Waals surface area contributed by atoms with Gasteiger partial charge in [0.1, 0.15) is 16.9 Å². The van der Waals surface area contributed by atoms with Crippen LogP contribution in [0.15, 0.2) is 23.2 Å². The van der Waals surface area contributed by atoms with Crippen LogP contribution in [0.5, 0.6) is 0 Å². The number of nitrogens with zero attached hydrogens (tertiary/aromatic N) is 2. The van der Waals surface area contributed by atoms with Gasteiger partial charge >= 0.3 is 0 Å². The summed E-state index contributed by atoms with van der Waals surface area (Å²) in [5, 5.41) is 12.2. The number of benzene rings is 1. The topological polar surface area (TPSA) is 65.8 Å². The monoisotopic (exact) mass is 377 g/mol. The zero-order valence-corrected chi connectivity index (χ0v) is 15.8. The molecule has 1 aromatic carbocycles. The van der Waals surface area contributed by atoms with Crippen molar-refractivity contribution in [1.29, 1.82) is 5.26 Å². The number of hydrogen-bond acceptors (Lipinski definition) is 4. The molecule has 0 radical (unpaired) electrons. The Balaban J connectivity index is 2.21. The van der Waals surface area contributed by atoms with E-state index in [1.54, 1.807) is 6.92 Å². The van der Waals surface area contributed by atoms with E-state index in [0.29, 0.717) is 16.3 Å². The van der Waals surface area contributed by atoms with Crippen molar-refractivity contribution in [3.63, 3.8) is 0 Å². The maximum Gasteiger partial charge on any atom is 0.237 e.